The van der Waals surface area contributed by atoms with Gasteiger partial charge in [-0.3, -0.25) is 9.13 Å². The molecule has 7 rings (SSSR count). The van der Waals surface area contributed by atoms with Gasteiger partial charge in [0.2, 0.25) is 0 Å². The highest BCUT2D eigenvalue weighted by atomic mass is 15.1. The molecule has 2 heterocycles. The van der Waals surface area contributed by atoms with E-state index in [0.29, 0.717) is 0 Å². The monoisotopic (exact) mass is 462 g/mol. The summed E-state index contributed by atoms with van der Waals surface area (Å²) in [5.74, 6) is 1.84. The summed E-state index contributed by atoms with van der Waals surface area (Å²) in [5.41, 5.74) is 8.44. The molecule has 0 spiro atoms. The van der Waals surface area contributed by atoms with Crippen molar-refractivity contribution in [1.29, 1.82) is 0 Å². The molecule has 0 aliphatic carbocycles. The van der Waals surface area contributed by atoms with Crippen LogP contribution >= 0.6 is 0 Å². The SMILES string of the molecule is c1ccc(-n2c(-c3ccc(-c4nc5ccccc5n4-c4ccccc4)cc3)nc3ccccc32)cc1. The van der Waals surface area contributed by atoms with Crippen LogP contribution in [0.2, 0.25) is 0 Å². The fourth-order valence-corrected chi connectivity index (χ4v) is 4.88. The minimum absolute atomic E-state index is 0.922. The summed E-state index contributed by atoms with van der Waals surface area (Å²) in [7, 11) is 0. The number of imidazole rings is 2. The van der Waals surface area contributed by atoms with Crippen molar-refractivity contribution in [3.63, 3.8) is 0 Å². The van der Waals surface area contributed by atoms with Gasteiger partial charge in [0.15, 0.2) is 0 Å². The summed E-state index contributed by atoms with van der Waals surface area (Å²) in [4.78, 5) is 10.0. The third kappa shape index (κ3) is 3.31. The van der Waals surface area contributed by atoms with Gasteiger partial charge in [-0.1, -0.05) is 84.9 Å². The second-order valence-corrected chi connectivity index (χ2v) is 8.77. The van der Waals surface area contributed by atoms with Crippen molar-refractivity contribution in [2.75, 3.05) is 0 Å². The first kappa shape index (κ1) is 20.4. The summed E-state index contributed by atoms with van der Waals surface area (Å²) < 4.78 is 4.45. The molecule has 0 aliphatic heterocycles. The lowest BCUT2D eigenvalue weighted by Gasteiger charge is -2.11. The summed E-state index contributed by atoms with van der Waals surface area (Å²) in [6.45, 7) is 0. The van der Waals surface area contributed by atoms with E-state index >= 15 is 0 Å². The summed E-state index contributed by atoms with van der Waals surface area (Å²) in [6.07, 6.45) is 0. The number of fused-ring (bicyclic) bond motifs is 2. The van der Waals surface area contributed by atoms with E-state index in [1.54, 1.807) is 0 Å². The largest absolute Gasteiger partial charge is 0.292 e. The van der Waals surface area contributed by atoms with Gasteiger partial charge in [0.25, 0.3) is 0 Å². The lowest BCUT2D eigenvalue weighted by atomic mass is 10.1. The fourth-order valence-electron chi connectivity index (χ4n) is 4.88. The van der Waals surface area contributed by atoms with Crippen LogP contribution in [0.25, 0.3) is 56.2 Å². The van der Waals surface area contributed by atoms with E-state index in [4.69, 9.17) is 9.97 Å². The van der Waals surface area contributed by atoms with Crippen molar-refractivity contribution in [2.24, 2.45) is 0 Å². The van der Waals surface area contributed by atoms with Gasteiger partial charge in [0.1, 0.15) is 11.6 Å². The number of hydrogen-bond acceptors (Lipinski definition) is 2. The van der Waals surface area contributed by atoms with Gasteiger partial charge >= 0.3 is 0 Å². The van der Waals surface area contributed by atoms with Crippen LogP contribution in [0.1, 0.15) is 0 Å². The lowest BCUT2D eigenvalue weighted by molar-refractivity contribution is 1.10. The molecular weight excluding hydrogens is 440 g/mol. The maximum Gasteiger partial charge on any atom is 0.145 e. The molecule has 0 saturated heterocycles. The fraction of sp³-hybridized carbons (Fsp3) is 0. The van der Waals surface area contributed by atoms with Gasteiger partial charge in [-0.2, -0.15) is 0 Å². The van der Waals surface area contributed by atoms with E-state index in [2.05, 4.69) is 118 Å². The number of aromatic nitrogens is 4. The molecular formula is C32H22N4. The molecule has 2 aromatic heterocycles. The molecule has 0 N–H and O–H groups in total. The van der Waals surface area contributed by atoms with Crippen LogP contribution in [0.5, 0.6) is 0 Å². The maximum atomic E-state index is 5.00. The van der Waals surface area contributed by atoms with Crippen LogP contribution < -0.4 is 0 Å². The molecule has 0 radical (unpaired) electrons. The minimum Gasteiger partial charge on any atom is -0.292 e. The first-order valence-corrected chi connectivity index (χ1v) is 12.0. The Labute approximate surface area is 208 Å². The standard InChI is InChI=1S/C32H22N4/c1-3-11-25(12-4-1)35-29-17-9-7-15-27(29)33-31(35)23-19-21-24(22-20-23)32-34-28-16-8-10-18-30(28)36(32)26-13-5-2-6-14-26/h1-22H. The predicted molar refractivity (Wildman–Crippen MR) is 147 cm³/mol. The molecule has 4 nitrogen and oxygen atoms in total. The van der Waals surface area contributed by atoms with Crippen LogP contribution in [0.4, 0.5) is 0 Å². The van der Waals surface area contributed by atoms with Gasteiger partial charge < -0.3 is 0 Å². The molecule has 0 saturated carbocycles. The molecule has 0 unspecified atom stereocenters. The van der Waals surface area contributed by atoms with Crippen molar-refractivity contribution in [3.8, 4) is 34.2 Å². The van der Waals surface area contributed by atoms with E-state index in [1.165, 1.54) is 0 Å². The van der Waals surface area contributed by atoms with Crippen molar-refractivity contribution in [3.05, 3.63) is 133 Å². The highest BCUT2D eigenvalue weighted by Gasteiger charge is 2.17. The normalized spacial score (nSPS) is 11.3. The van der Waals surface area contributed by atoms with Gasteiger partial charge in [0, 0.05) is 22.5 Å². The first-order valence-electron chi connectivity index (χ1n) is 12.0. The number of hydrogen-bond donors (Lipinski definition) is 0. The molecule has 0 aliphatic rings. The van der Waals surface area contributed by atoms with Gasteiger partial charge in [-0.05, 0) is 48.5 Å². The number of benzene rings is 5. The number of nitrogens with zero attached hydrogens (tertiary/aromatic N) is 4. The van der Waals surface area contributed by atoms with E-state index < -0.39 is 0 Å². The molecule has 7 aromatic rings. The van der Waals surface area contributed by atoms with Crippen LogP contribution in [0, 0.1) is 0 Å². The molecule has 0 amide bonds. The second kappa shape index (κ2) is 8.36. The van der Waals surface area contributed by atoms with E-state index in [0.717, 1.165) is 56.2 Å². The van der Waals surface area contributed by atoms with Crippen molar-refractivity contribution in [1.82, 2.24) is 19.1 Å². The minimum atomic E-state index is 0.922. The number of para-hydroxylation sites is 6. The van der Waals surface area contributed by atoms with Crippen molar-refractivity contribution < 1.29 is 0 Å². The zero-order valence-corrected chi connectivity index (χ0v) is 19.5. The Morgan fingerprint density at radius 2 is 0.722 bits per heavy atom. The summed E-state index contributed by atoms with van der Waals surface area (Å²) >= 11 is 0. The third-order valence-corrected chi connectivity index (χ3v) is 6.55. The Morgan fingerprint density at radius 1 is 0.361 bits per heavy atom. The Kier molecular flexibility index (Phi) is 4.74. The average Bonchev–Trinajstić information content (AvgIpc) is 3.53. The quantitative estimate of drug-likeness (QED) is 0.269. The molecule has 170 valence electrons. The summed E-state index contributed by atoms with van der Waals surface area (Å²) in [6, 6.07) is 45.9. The zero-order chi connectivity index (χ0) is 23.9. The highest BCUT2D eigenvalue weighted by Crippen LogP contribution is 2.32. The molecule has 36 heavy (non-hydrogen) atoms. The average molecular weight is 463 g/mol. The van der Waals surface area contributed by atoms with Gasteiger partial charge in [-0.25, -0.2) is 9.97 Å². The molecule has 5 aromatic carbocycles. The van der Waals surface area contributed by atoms with Crippen LogP contribution in [0.15, 0.2) is 133 Å². The Balaban J connectivity index is 1.39. The van der Waals surface area contributed by atoms with Crippen LogP contribution in [0.3, 0.4) is 0 Å². The van der Waals surface area contributed by atoms with Gasteiger partial charge in [-0.15, -0.1) is 0 Å². The van der Waals surface area contributed by atoms with Crippen LogP contribution in [-0.2, 0) is 0 Å². The van der Waals surface area contributed by atoms with Crippen LogP contribution in [-0.4, -0.2) is 19.1 Å². The predicted octanol–water partition coefficient (Wildman–Crippen LogP) is 7.70. The van der Waals surface area contributed by atoms with Crippen molar-refractivity contribution in [2.45, 2.75) is 0 Å². The molecule has 4 heteroatoms. The summed E-state index contributed by atoms with van der Waals surface area (Å²) in [5, 5.41) is 0. The topological polar surface area (TPSA) is 35.6 Å². The Bertz CT molecular complexity index is 1680. The van der Waals surface area contributed by atoms with E-state index in [1.807, 2.05) is 24.3 Å². The van der Waals surface area contributed by atoms with Gasteiger partial charge in [0.05, 0.1) is 22.1 Å². The Morgan fingerprint density at radius 3 is 1.14 bits per heavy atom. The second-order valence-electron chi connectivity index (χ2n) is 8.77. The third-order valence-electron chi connectivity index (χ3n) is 6.55. The maximum absolute atomic E-state index is 5.00. The van der Waals surface area contributed by atoms with E-state index in [-0.39, 0.29) is 0 Å². The first-order chi connectivity index (χ1) is 17.9. The lowest BCUT2D eigenvalue weighted by Crippen LogP contribution is -1.98. The number of rotatable bonds is 4. The Hall–Kier alpha value is -4.96. The molecule has 0 atom stereocenters. The molecule has 0 fully saturated rings. The smallest absolute Gasteiger partial charge is 0.145 e. The van der Waals surface area contributed by atoms with E-state index in [9.17, 15) is 0 Å². The molecule has 0 bridgehead atoms. The zero-order valence-electron chi connectivity index (χ0n) is 19.5. The highest BCUT2D eigenvalue weighted by molar-refractivity contribution is 5.85. The van der Waals surface area contributed by atoms with Crippen molar-refractivity contribution >= 4 is 22.1 Å².